The van der Waals surface area contributed by atoms with E-state index in [-0.39, 0.29) is 16.3 Å². The molecule has 144 valence electrons. The highest BCUT2D eigenvalue weighted by Gasteiger charge is 2.17. The molecule has 2 rings (SSSR count). The highest BCUT2D eigenvalue weighted by molar-refractivity contribution is 6.34. The number of carbonyl (C=O) groups is 1. The lowest BCUT2D eigenvalue weighted by molar-refractivity contribution is -0.384. The average molecular weight is 393 g/mol. The number of benzene rings is 2. The van der Waals surface area contributed by atoms with Gasteiger partial charge < -0.3 is 14.8 Å². The summed E-state index contributed by atoms with van der Waals surface area (Å²) in [4.78, 5) is 22.8. The highest BCUT2D eigenvalue weighted by Crippen LogP contribution is 2.31. The van der Waals surface area contributed by atoms with Crippen molar-refractivity contribution in [1.82, 2.24) is 0 Å². The summed E-state index contributed by atoms with van der Waals surface area (Å²) in [5.41, 5.74) is 0.283. The van der Waals surface area contributed by atoms with Crippen LogP contribution in [0.3, 0.4) is 0 Å². The predicted octanol–water partition coefficient (Wildman–Crippen LogP) is 5.08. The van der Waals surface area contributed by atoms with Crippen molar-refractivity contribution in [2.45, 2.75) is 26.7 Å². The summed E-state index contributed by atoms with van der Waals surface area (Å²) in [6.07, 6.45) is 1.68. The summed E-state index contributed by atoms with van der Waals surface area (Å²) in [5, 5.41) is 13.7. The fraction of sp³-hybridized carbons (Fsp3) is 0.316. The van der Waals surface area contributed by atoms with Crippen LogP contribution in [0, 0.1) is 10.1 Å². The number of halogens is 1. The fourth-order valence-corrected chi connectivity index (χ4v) is 2.44. The minimum absolute atomic E-state index is 0.0215. The molecule has 27 heavy (non-hydrogen) atoms. The van der Waals surface area contributed by atoms with Crippen LogP contribution < -0.4 is 14.8 Å². The third kappa shape index (κ3) is 5.59. The maximum absolute atomic E-state index is 12.5. The van der Waals surface area contributed by atoms with Crippen LogP contribution in [0.2, 0.25) is 5.02 Å². The molecule has 0 radical (unpaired) electrons. The van der Waals surface area contributed by atoms with Gasteiger partial charge in [-0.2, -0.15) is 0 Å². The van der Waals surface area contributed by atoms with Gasteiger partial charge in [0.15, 0.2) is 11.5 Å². The van der Waals surface area contributed by atoms with E-state index in [0.717, 1.165) is 18.9 Å². The van der Waals surface area contributed by atoms with Gasteiger partial charge in [0.2, 0.25) is 0 Å². The fourth-order valence-electron chi connectivity index (χ4n) is 2.24. The van der Waals surface area contributed by atoms with Gasteiger partial charge in [-0.05, 0) is 31.0 Å². The van der Waals surface area contributed by atoms with E-state index in [1.165, 1.54) is 12.1 Å². The van der Waals surface area contributed by atoms with Crippen LogP contribution >= 0.6 is 11.6 Å². The largest absolute Gasteiger partial charge is 0.490 e. The van der Waals surface area contributed by atoms with E-state index in [9.17, 15) is 14.9 Å². The molecule has 8 heteroatoms. The molecule has 0 saturated heterocycles. The second-order valence-electron chi connectivity index (χ2n) is 5.73. The Morgan fingerprint density at radius 2 is 1.74 bits per heavy atom. The van der Waals surface area contributed by atoms with Crippen LogP contribution in [0.25, 0.3) is 0 Å². The third-order valence-electron chi connectivity index (χ3n) is 3.53. The minimum Gasteiger partial charge on any atom is -0.490 e. The van der Waals surface area contributed by atoms with Crippen LogP contribution in [0.5, 0.6) is 11.5 Å². The van der Waals surface area contributed by atoms with E-state index in [2.05, 4.69) is 5.32 Å². The van der Waals surface area contributed by atoms with Crippen molar-refractivity contribution in [3.05, 3.63) is 57.1 Å². The first-order valence-corrected chi connectivity index (χ1v) is 8.99. The SMILES string of the molecule is CCCOc1ccc(NC(=O)c2cc([N+](=O)[O-])ccc2Cl)cc1OCCC. The summed E-state index contributed by atoms with van der Waals surface area (Å²) in [5.74, 6) is 0.567. The Morgan fingerprint density at radius 3 is 2.37 bits per heavy atom. The monoisotopic (exact) mass is 392 g/mol. The topological polar surface area (TPSA) is 90.7 Å². The van der Waals surface area contributed by atoms with E-state index >= 15 is 0 Å². The lowest BCUT2D eigenvalue weighted by Crippen LogP contribution is -2.13. The number of carbonyl (C=O) groups excluding carboxylic acids is 1. The Kier molecular flexibility index (Phi) is 7.43. The number of hydrogen-bond acceptors (Lipinski definition) is 5. The summed E-state index contributed by atoms with van der Waals surface area (Å²) in [7, 11) is 0. The van der Waals surface area contributed by atoms with Gasteiger partial charge >= 0.3 is 0 Å². The van der Waals surface area contributed by atoms with E-state index in [0.29, 0.717) is 30.4 Å². The number of nitrogens with one attached hydrogen (secondary N) is 1. The van der Waals surface area contributed by atoms with Gasteiger partial charge in [0.05, 0.1) is 28.7 Å². The standard InChI is InChI=1S/C19H21ClN2O5/c1-3-9-26-17-8-5-13(11-18(17)27-10-4-2)21-19(23)15-12-14(22(24)25)6-7-16(15)20/h5-8,11-12H,3-4,9-10H2,1-2H3,(H,21,23). The number of nitro groups is 1. The molecule has 1 amide bonds. The zero-order valence-corrected chi connectivity index (χ0v) is 15.9. The first-order chi connectivity index (χ1) is 13.0. The van der Waals surface area contributed by atoms with E-state index in [1.807, 2.05) is 13.8 Å². The molecule has 0 heterocycles. The Labute approximate surface area is 162 Å². The van der Waals surface area contributed by atoms with Gasteiger partial charge in [-0.3, -0.25) is 14.9 Å². The zero-order chi connectivity index (χ0) is 19.8. The lowest BCUT2D eigenvalue weighted by atomic mass is 10.1. The molecule has 0 aliphatic rings. The Balaban J connectivity index is 2.24. The molecular formula is C19H21ClN2O5. The van der Waals surface area contributed by atoms with Crippen molar-refractivity contribution in [3.8, 4) is 11.5 Å². The quantitative estimate of drug-likeness (QED) is 0.474. The Bertz CT molecular complexity index is 826. The van der Waals surface area contributed by atoms with E-state index in [1.54, 1.807) is 18.2 Å². The van der Waals surface area contributed by atoms with Crippen LogP contribution in [-0.4, -0.2) is 24.0 Å². The number of amides is 1. The maximum atomic E-state index is 12.5. The number of hydrogen-bond donors (Lipinski definition) is 1. The molecule has 0 unspecified atom stereocenters. The second kappa shape index (κ2) is 9.78. The molecule has 0 atom stereocenters. The molecule has 2 aromatic carbocycles. The summed E-state index contributed by atoms with van der Waals surface area (Å²) < 4.78 is 11.3. The Morgan fingerprint density at radius 1 is 1.07 bits per heavy atom. The van der Waals surface area contributed by atoms with Crippen molar-refractivity contribution >= 4 is 28.9 Å². The lowest BCUT2D eigenvalue weighted by Gasteiger charge is -2.14. The average Bonchev–Trinajstić information content (AvgIpc) is 2.65. The molecule has 0 fully saturated rings. The summed E-state index contributed by atoms with van der Waals surface area (Å²) in [6, 6.07) is 8.76. The minimum atomic E-state index is -0.580. The van der Waals surface area contributed by atoms with Gasteiger partial charge in [-0.1, -0.05) is 25.4 Å². The number of rotatable bonds is 9. The number of nitro benzene ring substituents is 1. The van der Waals surface area contributed by atoms with Crippen LogP contribution in [0.15, 0.2) is 36.4 Å². The first-order valence-electron chi connectivity index (χ1n) is 8.61. The van der Waals surface area contributed by atoms with Crippen LogP contribution in [0.4, 0.5) is 11.4 Å². The summed E-state index contributed by atoms with van der Waals surface area (Å²) >= 11 is 6.02. The molecule has 0 aromatic heterocycles. The van der Waals surface area contributed by atoms with Crippen molar-refractivity contribution in [1.29, 1.82) is 0 Å². The molecule has 1 N–H and O–H groups in total. The first kappa shape index (κ1) is 20.5. The molecule has 0 aliphatic carbocycles. The maximum Gasteiger partial charge on any atom is 0.270 e. The normalized spacial score (nSPS) is 10.3. The molecule has 0 bridgehead atoms. The Hall–Kier alpha value is -2.80. The van der Waals surface area contributed by atoms with Crippen molar-refractivity contribution in [2.75, 3.05) is 18.5 Å². The van der Waals surface area contributed by atoms with Gasteiger partial charge in [-0.25, -0.2) is 0 Å². The van der Waals surface area contributed by atoms with Crippen LogP contribution in [0.1, 0.15) is 37.0 Å². The van der Waals surface area contributed by atoms with E-state index in [4.69, 9.17) is 21.1 Å². The summed E-state index contributed by atoms with van der Waals surface area (Å²) in [6.45, 7) is 5.06. The number of nitrogens with zero attached hydrogens (tertiary/aromatic N) is 1. The second-order valence-corrected chi connectivity index (χ2v) is 6.14. The zero-order valence-electron chi connectivity index (χ0n) is 15.2. The number of ether oxygens (including phenoxy) is 2. The van der Waals surface area contributed by atoms with Crippen molar-refractivity contribution < 1.29 is 19.2 Å². The molecule has 0 aliphatic heterocycles. The van der Waals surface area contributed by atoms with Gasteiger partial charge in [0.1, 0.15) is 0 Å². The van der Waals surface area contributed by atoms with Crippen LogP contribution in [-0.2, 0) is 0 Å². The number of anilines is 1. The molecule has 0 spiro atoms. The molecule has 0 saturated carbocycles. The van der Waals surface area contributed by atoms with Crippen molar-refractivity contribution in [2.24, 2.45) is 0 Å². The molecular weight excluding hydrogens is 372 g/mol. The smallest absolute Gasteiger partial charge is 0.270 e. The predicted molar refractivity (Wildman–Crippen MR) is 104 cm³/mol. The van der Waals surface area contributed by atoms with Gasteiger partial charge in [-0.15, -0.1) is 0 Å². The third-order valence-corrected chi connectivity index (χ3v) is 3.86. The molecule has 7 nitrogen and oxygen atoms in total. The molecule has 2 aromatic rings. The van der Waals surface area contributed by atoms with Crippen molar-refractivity contribution in [3.63, 3.8) is 0 Å². The van der Waals surface area contributed by atoms with E-state index < -0.39 is 10.8 Å². The van der Waals surface area contributed by atoms with Gasteiger partial charge in [0.25, 0.3) is 11.6 Å². The highest BCUT2D eigenvalue weighted by atomic mass is 35.5. The van der Waals surface area contributed by atoms with Gasteiger partial charge in [0, 0.05) is 23.9 Å². The number of non-ortho nitro benzene ring substituents is 1.